The number of aliphatic hydroxyl groups excluding tert-OH is 7. The van der Waals surface area contributed by atoms with Gasteiger partial charge in [-0.15, -0.1) is 0 Å². The van der Waals surface area contributed by atoms with Gasteiger partial charge in [-0.05, 0) is 77.0 Å². The first-order valence-corrected chi connectivity index (χ1v) is 27.5. The van der Waals surface area contributed by atoms with Gasteiger partial charge in [-0.3, -0.25) is 4.79 Å². The Morgan fingerprint density at radius 3 is 1.45 bits per heavy atom. The van der Waals surface area contributed by atoms with Gasteiger partial charge in [0.1, 0.15) is 54.9 Å². The van der Waals surface area contributed by atoms with Gasteiger partial charge in [-0.2, -0.15) is 0 Å². The molecule has 2 fully saturated rings. The Morgan fingerprint density at radius 1 is 0.479 bits per heavy atom. The third-order valence-corrected chi connectivity index (χ3v) is 12.7. The van der Waals surface area contributed by atoms with Crippen molar-refractivity contribution >= 4 is 5.97 Å². The number of carbonyl (C=O) groups excluding carboxylic acids is 1. The maximum absolute atomic E-state index is 13.0. The molecule has 2 heterocycles. The van der Waals surface area contributed by atoms with Crippen LogP contribution in [-0.4, -0.2) is 142 Å². The summed E-state index contributed by atoms with van der Waals surface area (Å²) in [6, 6.07) is 0. The number of esters is 1. The van der Waals surface area contributed by atoms with Gasteiger partial charge in [0.05, 0.1) is 26.4 Å². The van der Waals surface area contributed by atoms with Crippen molar-refractivity contribution in [3.8, 4) is 0 Å². The topological polar surface area (TPSA) is 214 Å². The molecule has 0 aliphatic carbocycles. The predicted molar refractivity (Wildman–Crippen MR) is 279 cm³/mol. The predicted octanol–water partition coefficient (Wildman–Crippen LogP) is 9.08. The van der Waals surface area contributed by atoms with Crippen LogP contribution in [0.1, 0.15) is 181 Å². The number of ether oxygens (including phenoxy) is 6. The Morgan fingerprint density at radius 2 is 0.915 bits per heavy atom. The number of aliphatic hydroxyl groups is 7. The minimum Gasteiger partial charge on any atom is -0.457 e. The standard InChI is InChI=1S/C57H98O14/c1-3-5-7-9-11-13-15-17-19-21-22-23-25-27-29-31-33-35-37-39-41-66-43-46(69-49(59)40-38-36-34-32-30-28-26-24-20-18-16-14-12-10-8-6-4-2)44-67-56-55(65)53(63)51(61)48(71-56)45-68-57-54(64)52(62)50(60)47(42-58)70-57/h6,8,12,14,17-20,26,28,32,34,46-48,50-58,60-65H,3-5,7,9-11,13,15-16,21-25,27,29-31,33,35-45H2,1-2H3/b8-6-,14-12-,19-17-,20-18-,28-26-,34-32-. The van der Waals surface area contributed by atoms with E-state index in [2.05, 4.69) is 80.7 Å². The van der Waals surface area contributed by atoms with Crippen LogP contribution in [0.4, 0.5) is 0 Å². The Balaban J connectivity index is 1.76. The lowest BCUT2D eigenvalue weighted by atomic mass is 9.98. The minimum atomic E-state index is -1.72. The van der Waals surface area contributed by atoms with Gasteiger partial charge in [-0.1, -0.05) is 170 Å². The van der Waals surface area contributed by atoms with Crippen LogP contribution in [0.3, 0.4) is 0 Å². The lowest BCUT2D eigenvalue weighted by Gasteiger charge is -2.42. The first kappa shape index (κ1) is 64.5. The summed E-state index contributed by atoms with van der Waals surface area (Å²) in [7, 11) is 0. The van der Waals surface area contributed by atoms with Crippen LogP contribution in [0.15, 0.2) is 72.9 Å². The van der Waals surface area contributed by atoms with E-state index in [1.165, 1.54) is 96.3 Å². The van der Waals surface area contributed by atoms with E-state index in [1.807, 2.05) is 6.08 Å². The number of hydrogen-bond donors (Lipinski definition) is 7. The fourth-order valence-corrected chi connectivity index (χ4v) is 8.26. The number of unbranched alkanes of at least 4 members (excludes halogenated alkanes) is 17. The molecule has 2 aliphatic rings. The quantitative estimate of drug-likeness (QED) is 0.0173. The molecule has 0 aromatic carbocycles. The smallest absolute Gasteiger partial charge is 0.306 e. The molecule has 0 amide bonds. The Hall–Kier alpha value is -2.57. The molecule has 2 aliphatic heterocycles. The summed E-state index contributed by atoms with van der Waals surface area (Å²) in [6.07, 6.45) is 38.3. The SMILES string of the molecule is CC/C=C\C/C=C\C/C=C\C/C=C\C/C=C\CCCC(=O)OC(COCCCCCCCCCCCC/C=C\CCCCCCCC)COC1OC(COC2OC(CO)C(O)C(O)C2O)C(O)C(O)C1O. The summed E-state index contributed by atoms with van der Waals surface area (Å²) in [5, 5.41) is 72.2. The molecular weight excluding hydrogens is 909 g/mol. The summed E-state index contributed by atoms with van der Waals surface area (Å²) in [5.74, 6) is -0.434. The fourth-order valence-electron chi connectivity index (χ4n) is 8.26. The van der Waals surface area contributed by atoms with Crippen molar-refractivity contribution in [3.63, 3.8) is 0 Å². The van der Waals surface area contributed by atoms with E-state index in [9.17, 15) is 40.5 Å². The van der Waals surface area contributed by atoms with Crippen LogP contribution in [-0.2, 0) is 33.2 Å². The average molecular weight is 1010 g/mol. The third kappa shape index (κ3) is 31.0. The van der Waals surface area contributed by atoms with Crippen LogP contribution in [0, 0.1) is 0 Å². The van der Waals surface area contributed by atoms with Gasteiger partial charge in [0.15, 0.2) is 12.6 Å². The van der Waals surface area contributed by atoms with Crippen molar-refractivity contribution in [1.82, 2.24) is 0 Å². The number of carbonyl (C=O) groups is 1. The third-order valence-electron chi connectivity index (χ3n) is 12.7. The molecule has 0 bridgehead atoms. The maximum Gasteiger partial charge on any atom is 0.306 e. The van der Waals surface area contributed by atoms with Gasteiger partial charge in [0.25, 0.3) is 0 Å². The van der Waals surface area contributed by atoms with Crippen molar-refractivity contribution in [3.05, 3.63) is 72.9 Å². The van der Waals surface area contributed by atoms with E-state index in [0.717, 1.165) is 51.4 Å². The highest BCUT2D eigenvalue weighted by molar-refractivity contribution is 5.69. The molecule has 14 nitrogen and oxygen atoms in total. The highest BCUT2D eigenvalue weighted by Crippen LogP contribution is 2.26. The number of allylic oxidation sites excluding steroid dienone is 12. The lowest BCUT2D eigenvalue weighted by molar-refractivity contribution is -0.332. The van der Waals surface area contributed by atoms with Gasteiger partial charge in [-0.25, -0.2) is 0 Å². The zero-order valence-corrected chi connectivity index (χ0v) is 43.7. The zero-order valence-electron chi connectivity index (χ0n) is 43.7. The van der Waals surface area contributed by atoms with Crippen LogP contribution < -0.4 is 0 Å². The molecular formula is C57H98O14. The first-order valence-electron chi connectivity index (χ1n) is 27.5. The Labute approximate surface area is 427 Å². The minimum absolute atomic E-state index is 0.0348. The lowest BCUT2D eigenvalue weighted by Crippen LogP contribution is -2.61. The van der Waals surface area contributed by atoms with Crippen molar-refractivity contribution in [2.45, 2.75) is 248 Å². The van der Waals surface area contributed by atoms with Crippen LogP contribution in [0.2, 0.25) is 0 Å². The summed E-state index contributed by atoms with van der Waals surface area (Å²) < 4.78 is 34.3. The highest BCUT2D eigenvalue weighted by atomic mass is 16.7. The monoisotopic (exact) mass is 1010 g/mol. The van der Waals surface area contributed by atoms with Gasteiger partial charge < -0.3 is 64.2 Å². The van der Waals surface area contributed by atoms with Crippen molar-refractivity contribution in [2.75, 3.05) is 33.0 Å². The molecule has 0 aromatic rings. The second kappa shape index (κ2) is 43.8. The van der Waals surface area contributed by atoms with E-state index in [1.54, 1.807) is 0 Å². The largest absolute Gasteiger partial charge is 0.457 e. The van der Waals surface area contributed by atoms with E-state index < -0.39 is 86.7 Å². The summed E-state index contributed by atoms with van der Waals surface area (Å²) >= 11 is 0. The van der Waals surface area contributed by atoms with Crippen LogP contribution in [0.5, 0.6) is 0 Å². The van der Waals surface area contributed by atoms with Gasteiger partial charge in [0.2, 0.25) is 0 Å². The molecule has 11 atom stereocenters. The van der Waals surface area contributed by atoms with Crippen LogP contribution in [0.25, 0.3) is 0 Å². The summed E-state index contributed by atoms with van der Waals surface area (Å²) in [5.41, 5.74) is 0. The second-order valence-corrected chi connectivity index (χ2v) is 19.0. The molecule has 7 N–H and O–H groups in total. The molecule has 410 valence electrons. The molecule has 0 saturated carbocycles. The normalized spacial score (nSPS) is 25.9. The van der Waals surface area contributed by atoms with Crippen molar-refractivity contribution in [1.29, 1.82) is 0 Å². The molecule has 0 aromatic heterocycles. The fraction of sp³-hybridized carbons (Fsp3) is 0.772. The van der Waals surface area contributed by atoms with Crippen molar-refractivity contribution in [2.24, 2.45) is 0 Å². The summed E-state index contributed by atoms with van der Waals surface area (Å²) in [6.45, 7) is 3.49. The molecule has 0 radical (unpaired) electrons. The Bertz CT molecular complexity index is 1450. The first-order chi connectivity index (χ1) is 34.6. The average Bonchev–Trinajstić information content (AvgIpc) is 3.37. The molecule has 2 rings (SSSR count). The Kier molecular flexibility index (Phi) is 39.8. The van der Waals surface area contributed by atoms with E-state index in [-0.39, 0.29) is 19.6 Å². The zero-order chi connectivity index (χ0) is 51.6. The molecule has 2 saturated heterocycles. The van der Waals surface area contributed by atoms with Gasteiger partial charge in [0, 0.05) is 13.0 Å². The molecule has 11 unspecified atom stereocenters. The van der Waals surface area contributed by atoms with Crippen molar-refractivity contribution < 1.29 is 69.0 Å². The second-order valence-electron chi connectivity index (χ2n) is 19.0. The highest BCUT2D eigenvalue weighted by Gasteiger charge is 2.47. The maximum atomic E-state index is 13.0. The number of rotatable bonds is 43. The van der Waals surface area contributed by atoms with Crippen LogP contribution >= 0.6 is 0 Å². The number of hydrogen-bond acceptors (Lipinski definition) is 14. The van der Waals surface area contributed by atoms with E-state index in [0.29, 0.717) is 19.4 Å². The van der Waals surface area contributed by atoms with Gasteiger partial charge >= 0.3 is 5.97 Å². The molecule has 71 heavy (non-hydrogen) atoms. The molecule has 14 heteroatoms. The van der Waals surface area contributed by atoms with E-state index >= 15 is 0 Å². The molecule has 0 spiro atoms. The van der Waals surface area contributed by atoms with E-state index in [4.69, 9.17) is 28.4 Å². The summed E-state index contributed by atoms with van der Waals surface area (Å²) in [4.78, 5) is 13.0.